The molecule has 0 radical (unpaired) electrons. The summed E-state index contributed by atoms with van der Waals surface area (Å²) in [6.07, 6.45) is 0.0571. The Bertz CT molecular complexity index is 56.9. The Morgan fingerprint density at radius 1 is 1.71 bits per heavy atom. The molecule has 0 atom stereocenters. The summed E-state index contributed by atoms with van der Waals surface area (Å²) in [4.78, 5) is 9.51. The van der Waals surface area contributed by atoms with Crippen molar-refractivity contribution in [2.75, 3.05) is 5.88 Å². The zero-order valence-corrected chi connectivity index (χ0v) is 3.90. The van der Waals surface area contributed by atoms with E-state index in [0.717, 1.165) is 0 Å². The van der Waals surface area contributed by atoms with Gasteiger partial charge in [0.1, 0.15) is 0 Å². The standard InChI is InChI=1S/C3H5ClO2.Li.H/c4-2-1-3(5)6;;/h1-2H2,(H,5,6);;. The number of alkyl halides is 1. The maximum absolute atomic E-state index is 9.51. The van der Waals surface area contributed by atoms with Crippen molar-refractivity contribution in [2.45, 2.75) is 6.42 Å². The molecule has 0 bridgehead atoms. The third kappa shape index (κ3) is 10.7. The van der Waals surface area contributed by atoms with Crippen molar-refractivity contribution in [3.63, 3.8) is 0 Å². The predicted octanol–water partition coefficient (Wildman–Crippen LogP) is 0.0514. The minimum absolute atomic E-state index is 0. The number of hydrogen-bond acceptors (Lipinski definition) is 1. The van der Waals surface area contributed by atoms with Crippen molar-refractivity contribution in [2.24, 2.45) is 0 Å². The van der Waals surface area contributed by atoms with Crippen LogP contribution in [0.1, 0.15) is 6.42 Å². The van der Waals surface area contributed by atoms with E-state index in [1.165, 1.54) is 0 Å². The van der Waals surface area contributed by atoms with Gasteiger partial charge in [0.05, 0.1) is 6.42 Å². The minimum atomic E-state index is -0.843. The number of carboxylic acids is 1. The molecule has 0 aromatic heterocycles. The van der Waals surface area contributed by atoms with Crippen LogP contribution in [0.25, 0.3) is 0 Å². The number of aliphatic carboxylic acids is 1. The van der Waals surface area contributed by atoms with Gasteiger partial charge in [0.2, 0.25) is 0 Å². The van der Waals surface area contributed by atoms with Gasteiger partial charge < -0.3 is 5.11 Å². The number of carboxylic acid groups (broad SMARTS) is 1. The van der Waals surface area contributed by atoms with E-state index in [0.29, 0.717) is 0 Å². The monoisotopic (exact) mass is 116 g/mol. The molecule has 0 aliphatic heterocycles. The number of carbonyl (C=O) groups is 1. The molecular formula is C3H6ClLiO2. The van der Waals surface area contributed by atoms with Crippen LogP contribution in [-0.4, -0.2) is 35.8 Å². The molecule has 0 saturated heterocycles. The van der Waals surface area contributed by atoms with Gasteiger partial charge in [-0.25, -0.2) is 0 Å². The van der Waals surface area contributed by atoms with Gasteiger partial charge >= 0.3 is 24.8 Å². The number of hydrogen-bond donors (Lipinski definition) is 1. The fourth-order valence-electron chi connectivity index (χ4n) is 0.0808. The molecule has 1 N–H and O–H groups in total. The van der Waals surface area contributed by atoms with Crippen molar-refractivity contribution in [3.8, 4) is 0 Å². The van der Waals surface area contributed by atoms with Crippen LogP contribution in [-0.2, 0) is 4.79 Å². The van der Waals surface area contributed by atoms with Gasteiger partial charge in [-0.3, -0.25) is 4.79 Å². The molecule has 0 aromatic carbocycles. The first kappa shape index (κ1) is 10.4. The van der Waals surface area contributed by atoms with Gasteiger partial charge in [-0.2, -0.15) is 0 Å². The van der Waals surface area contributed by atoms with Gasteiger partial charge in [0.15, 0.2) is 0 Å². The Hall–Kier alpha value is 0.357. The van der Waals surface area contributed by atoms with Gasteiger partial charge in [0, 0.05) is 5.88 Å². The normalized spacial score (nSPS) is 7.00. The maximum atomic E-state index is 9.51. The Balaban J connectivity index is 0. The molecule has 0 heterocycles. The molecule has 7 heavy (non-hydrogen) atoms. The van der Waals surface area contributed by atoms with E-state index in [1.807, 2.05) is 0 Å². The Labute approximate surface area is 59.0 Å². The third-order valence-electron chi connectivity index (χ3n) is 0.308. The summed E-state index contributed by atoms with van der Waals surface area (Å²) < 4.78 is 0. The summed E-state index contributed by atoms with van der Waals surface area (Å²) in [5, 5.41) is 7.83. The first-order valence-corrected chi connectivity index (χ1v) is 2.08. The van der Waals surface area contributed by atoms with Gasteiger partial charge in [-0.05, 0) is 0 Å². The first-order valence-electron chi connectivity index (χ1n) is 1.55. The molecule has 0 rings (SSSR count). The second-order valence-corrected chi connectivity index (χ2v) is 1.21. The molecular weight excluding hydrogens is 110 g/mol. The van der Waals surface area contributed by atoms with Crippen LogP contribution in [0.5, 0.6) is 0 Å². The zero-order valence-electron chi connectivity index (χ0n) is 3.15. The molecule has 0 unspecified atom stereocenters. The van der Waals surface area contributed by atoms with Crippen molar-refractivity contribution >= 4 is 36.4 Å². The van der Waals surface area contributed by atoms with E-state index in [-0.39, 0.29) is 31.2 Å². The molecule has 0 aliphatic rings. The summed E-state index contributed by atoms with van der Waals surface area (Å²) in [5.74, 6) is -0.639. The summed E-state index contributed by atoms with van der Waals surface area (Å²) in [5.41, 5.74) is 0. The zero-order chi connectivity index (χ0) is 4.99. The van der Waals surface area contributed by atoms with Crippen molar-refractivity contribution in [1.82, 2.24) is 0 Å². The molecule has 0 fully saturated rings. The third-order valence-corrected chi connectivity index (χ3v) is 0.497. The predicted molar refractivity (Wildman–Crippen MR) is 30.1 cm³/mol. The molecule has 0 amide bonds. The summed E-state index contributed by atoms with van der Waals surface area (Å²) in [6.45, 7) is 0. The van der Waals surface area contributed by atoms with Crippen LogP contribution >= 0.6 is 11.6 Å². The SMILES string of the molecule is O=C(O)CCCl.[LiH]. The van der Waals surface area contributed by atoms with E-state index < -0.39 is 5.97 Å². The van der Waals surface area contributed by atoms with E-state index in [1.54, 1.807) is 0 Å². The fraction of sp³-hybridized carbons (Fsp3) is 0.667. The molecule has 38 valence electrons. The Morgan fingerprint density at radius 3 is 2.14 bits per heavy atom. The summed E-state index contributed by atoms with van der Waals surface area (Å²) in [6, 6.07) is 0. The quantitative estimate of drug-likeness (QED) is 0.409. The molecule has 4 heteroatoms. The first-order chi connectivity index (χ1) is 2.77. The fourth-order valence-corrected chi connectivity index (χ4v) is 0.243. The van der Waals surface area contributed by atoms with Crippen LogP contribution in [0.3, 0.4) is 0 Å². The average molecular weight is 116 g/mol. The number of halogens is 1. The van der Waals surface area contributed by atoms with Gasteiger partial charge in [-0.1, -0.05) is 0 Å². The van der Waals surface area contributed by atoms with Crippen molar-refractivity contribution < 1.29 is 9.90 Å². The van der Waals surface area contributed by atoms with E-state index >= 15 is 0 Å². The van der Waals surface area contributed by atoms with Crippen LogP contribution in [0.2, 0.25) is 0 Å². The van der Waals surface area contributed by atoms with Gasteiger partial charge in [0.25, 0.3) is 0 Å². The second-order valence-electron chi connectivity index (χ2n) is 0.833. The second kappa shape index (κ2) is 6.36. The van der Waals surface area contributed by atoms with Crippen molar-refractivity contribution in [1.29, 1.82) is 0 Å². The molecule has 0 aliphatic carbocycles. The Morgan fingerprint density at radius 2 is 2.14 bits per heavy atom. The number of rotatable bonds is 2. The summed E-state index contributed by atoms with van der Waals surface area (Å²) in [7, 11) is 0. The molecule has 0 aromatic rings. The molecule has 0 spiro atoms. The topological polar surface area (TPSA) is 37.3 Å². The van der Waals surface area contributed by atoms with Crippen molar-refractivity contribution in [3.05, 3.63) is 0 Å². The average Bonchev–Trinajstić information content (AvgIpc) is 1.35. The molecule has 0 saturated carbocycles. The summed E-state index contributed by atoms with van der Waals surface area (Å²) >= 11 is 5.02. The molecule has 2 nitrogen and oxygen atoms in total. The van der Waals surface area contributed by atoms with E-state index in [2.05, 4.69) is 0 Å². The Kier molecular flexibility index (Phi) is 9.41. The van der Waals surface area contributed by atoms with Crippen LogP contribution < -0.4 is 0 Å². The van der Waals surface area contributed by atoms with E-state index in [4.69, 9.17) is 16.7 Å². The van der Waals surface area contributed by atoms with Crippen LogP contribution in [0.4, 0.5) is 0 Å². The van der Waals surface area contributed by atoms with E-state index in [9.17, 15) is 4.79 Å². The van der Waals surface area contributed by atoms with Crippen LogP contribution in [0, 0.1) is 0 Å². The van der Waals surface area contributed by atoms with Gasteiger partial charge in [-0.15, -0.1) is 11.6 Å². The van der Waals surface area contributed by atoms with Crippen LogP contribution in [0.15, 0.2) is 0 Å².